The van der Waals surface area contributed by atoms with E-state index in [0.29, 0.717) is 17.9 Å². The van der Waals surface area contributed by atoms with Crippen molar-refractivity contribution in [3.63, 3.8) is 0 Å². The van der Waals surface area contributed by atoms with Gasteiger partial charge in [0, 0.05) is 23.0 Å². The number of piperidine rings is 1. The monoisotopic (exact) mass is 350 g/mol. The number of benzene rings is 1. The molecule has 0 amide bonds. The average molecular weight is 351 g/mol. The van der Waals surface area contributed by atoms with Crippen LogP contribution in [0.5, 0.6) is 5.19 Å². The lowest BCUT2D eigenvalue weighted by molar-refractivity contribution is 0.0934. The van der Waals surface area contributed by atoms with Crippen molar-refractivity contribution in [2.45, 2.75) is 45.2 Å². The van der Waals surface area contributed by atoms with Crippen LogP contribution in [-0.2, 0) is 0 Å². The largest absolute Gasteiger partial charge is 0.470 e. The fourth-order valence-corrected chi connectivity index (χ4v) is 5.39. The van der Waals surface area contributed by atoms with E-state index >= 15 is 0 Å². The standard InChI is InChI=1S/C18H23ClN2OS/c1-10(2)13-8-12-4-6-15(20-12)14(13)9-22-18-21-16-5-3-11(19)7-17(16)23-18/h3,5,7,10,12-15,20H,4,6,8-9H2,1-2H3. The second kappa shape index (κ2) is 6.23. The Morgan fingerprint density at radius 3 is 3.09 bits per heavy atom. The van der Waals surface area contributed by atoms with Gasteiger partial charge in [0.1, 0.15) is 0 Å². The van der Waals surface area contributed by atoms with Crippen molar-refractivity contribution >= 4 is 33.2 Å². The van der Waals surface area contributed by atoms with Crippen molar-refractivity contribution in [3.8, 4) is 5.19 Å². The molecule has 2 aromatic rings. The lowest BCUT2D eigenvalue weighted by Gasteiger charge is -2.39. The first-order valence-electron chi connectivity index (χ1n) is 8.55. The van der Waals surface area contributed by atoms with Gasteiger partial charge < -0.3 is 10.1 Å². The number of aromatic nitrogens is 1. The van der Waals surface area contributed by atoms with Gasteiger partial charge in [-0.25, -0.2) is 4.98 Å². The predicted molar refractivity (Wildman–Crippen MR) is 96.5 cm³/mol. The highest BCUT2D eigenvalue weighted by Gasteiger charge is 2.42. The molecule has 4 unspecified atom stereocenters. The minimum atomic E-state index is 0.587. The van der Waals surface area contributed by atoms with Crippen LogP contribution in [0, 0.1) is 17.8 Å². The maximum Gasteiger partial charge on any atom is 0.274 e. The summed E-state index contributed by atoms with van der Waals surface area (Å²) >= 11 is 7.64. The van der Waals surface area contributed by atoms with Crippen LogP contribution in [0.25, 0.3) is 10.2 Å². The molecular formula is C18H23ClN2OS. The molecule has 0 radical (unpaired) electrons. The zero-order chi connectivity index (χ0) is 16.0. The maximum atomic E-state index is 6.13. The van der Waals surface area contributed by atoms with Gasteiger partial charge >= 0.3 is 0 Å². The first kappa shape index (κ1) is 15.7. The van der Waals surface area contributed by atoms with Gasteiger partial charge in [-0.2, -0.15) is 0 Å². The van der Waals surface area contributed by atoms with Gasteiger partial charge in [0.05, 0.1) is 16.8 Å². The van der Waals surface area contributed by atoms with E-state index in [4.69, 9.17) is 16.3 Å². The summed E-state index contributed by atoms with van der Waals surface area (Å²) in [5.41, 5.74) is 0.970. The zero-order valence-electron chi connectivity index (χ0n) is 13.6. The molecule has 2 aliphatic rings. The maximum absolute atomic E-state index is 6.13. The van der Waals surface area contributed by atoms with Gasteiger partial charge in [-0.3, -0.25) is 0 Å². The van der Waals surface area contributed by atoms with Crippen LogP contribution in [0.4, 0.5) is 0 Å². The van der Waals surface area contributed by atoms with E-state index in [1.54, 1.807) is 11.3 Å². The third kappa shape index (κ3) is 3.09. The third-order valence-electron chi connectivity index (χ3n) is 5.49. The summed E-state index contributed by atoms with van der Waals surface area (Å²) in [7, 11) is 0. The lowest BCUT2D eigenvalue weighted by atomic mass is 9.75. The second-order valence-electron chi connectivity index (χ2n) is 7.26. The lowest BCUT2D eigenvalue weighted by Crippen LogP contribution is -2.49. The Labute approximate surface area is 146 Å². The molecular weight excluding hydrogens is 328 g/mol. The van der Waals surface area contributed by atoms with E-state index in [1.165, 1.54) is 19.3 Å². The highest BCUT2D eigenvalue weighted by Crippen LogP contribution is 2.40. The number of hydrogen-bond acceptors (Lipinski definition) is 4. The molecule has 0 saturated carbocycles. The Balaban J connectivity index is 1.49. The number of fused-ring (bicyclic) bond motifs is 3. The minimum absolute atomic E-state index is 0.587. The van der Waals surface area contributed by atoms with Crippen LogP contribution in [0.15, 0.2) is 18.2 Å². The molecule has 0 spiro atoms. The Kier molecular flexibility index (Phi) is 4.24. The molecule has 2 bridgehead atoms. The van der Waals surface area contributed by atoms with Gasteiger partial charge in [-0.05, 0) is 49.3 Å². The summed E-state index contributed by atoms with van der Waals surface area (Å²) < 4.78 is 7.22. The number of hydrogen-bond donors (Lipinski definition) is 1. The van der Waals surface area contributed by atoms with Crippen molar-refractivity contribution in [3.05, 3.63) is 23.2 Å². The van der Waals surface area contributed by atoms with Gasteiger partial charge in [0.2, 0.25) is 0 Å². The molecule has 1 aromatic carbocycles. The Morgan fingerprint density at radius 2 is 2.26 bits per heavy atom. The van der Waals surface area contributed by atoms with Crippen LogP contribution in [0.1, 0.15) is 33.1 Å². The quantitative estimate of drug-likeness (QED) is 0.864. The Bertz CT molecular complexity index is 701. The Morgan fingerprint density at radius 1 is 1.39 bits per heavy atom. The van der Waals surface area contributed by atoms with Crippen molar-refractivity contribution in [1.29, 1.82) is 0 Å². The van der Waals surface area contributed by atoms with Crippen molar-refractivity contribution < 1.29 is 4.74 Å². The van der Waals surface area contributed by atoms with E-state index < -0.39 is 0 Å². The predicted octanol–water partition coefficient (Wildman–Crippen LogP) is 4.74. The molecule has 3 heterocycles. The van der Waals surface area contributed by atoms with Gasteiger partial charge in [0.25, 0.3) is 5.19 Å². The molecule has 4 atom stereocenters. The molecule has 2 aliphatic heterocycles. The van der Waals surface area contributed by atoms with E-state index in [1.807, 2.05) is 18.2 Å². The van der Waals surface area contributed by atoms with E-state index in [2.05, 4.69) is 24.1 Å². The number of halogens is 1. The van der Waals surface area contributed by atoms with Crippen LogP contribution >= 0.6 is 22.9 Å². The summed E-state index contributed by atoms with van der Waals surface area (Å²) in [5.74, 6) is 2.05. The molecule has 1 N–H and O–H groups in total. The van der Waals surface area contributed by atoms with Gasteiger partial charge in [-0.1, -0.05) is 36.8 Å². The second-order valence-corrected chi connectivity index (χ2v) is 8.69. The first-order chi connectivity index (χ1) is 11.1. The van der Waals surface area contributed by atoms with Crippen LogP contribution in [-0.4, -0.2) is 23.7 Å². The zero-order valence-corrected chi connectivity index (χ0v) is 15.2. The van der Waals surface area contributed by atoms with Crippen molar-refractivity contribution in [1.82, 2.24) is 10.3 Å². The number of nitrogens with zero attached hydrogens (tertiary/aromatic N) is 1. The smallest absolute Gasteiger partial charge is 0.274 e. The first-order valence-corrected chi connectivity index (χ1v) is 9.74. The van der Waals surface area contributed by atoms with Crippen LogP contribution < -0.4 is 10.1 Å². The highest BCUT2D eigenvalue weighted by molar-refractivity contribution is 7.20. The number of rotatable bonds is 4. The summed E-state index contributed by atoms with van der Waals surface area (Å²) in [4.78, 5) is 4.59. The number of thiazole rings is 1. The molecule has 3 nitrogen and oxygen atoms in total. The summed E-state index contributed by atoms with van der Waals surface area (Å²) in [5, 5.41) is 5.30. The van der Waals surface area contributed by atoms with Crippen molar-refractivity contribution in [2.24, 2.45) is 17.8 Å². The van der Waals surface area contributed by atoms with Crippen LogP contribution in [0.2, 0.25) is 5.02 Å². The van der Waals surface area contributed by atoms with Crippen LogP contribution in [0.3, 0.4) is 0 Å². The fraction of sp³-hybridized carbons (Fsp3) is 0.611. The number of nitrogens with one attached hydrogen (secondary N) is 1. The van der Waals surface area contributed by atoms with Crippen molar-refractivity contribution in [2.75, 3.05) is 6.61 Å². The summed E-state index contributed by atoms with van der Waals surface area (Å²) in [6.45, 7) is 5.46. The third-order valence-corrected chi connectivity index (χ3v) is 6.65. The summed E-state index contributed by atoms with van der Waals surface area (Å²) in [6.07, 6.45) is 3.90. The SMILES string of the molecule is CC(C)C1CC2CCC(N2)C1COc1nc2ccc(Cl)cc2s1. The topological polar surface area (TPSA) is 34.1 Å². The molecule has 2 saturated heterocycles. The molecule has 23 heavy (non-hydrogen) atoms. The van der Waals surface area contributed by atoms with Gasteiger partial charge in [-0.15, -0.1) is 0 Å². The van der Waals surface area contributed by atoms with Gasteiger partial charge in [0.15, 0.2) is 0 Å². The molecule has 2 fully saturated rings. The minimum Gasteiger partial charge on any atom is -0.470 e. The average Bonchev–Trinajstić information content (AvgIpc) is 3.09. The van der Waals surface area contributed by atoms with E-state index in [9.17, 15) is 0 Å². The molecule has 124 valence electrons. The highest BCUT2D eigenvalue weighted by atomic mass is 35.5. The molecule has 4 rings (SSSR count). The fourth-order valence-electron chi connectivity index (χ4n) is 4.29. The molecule has 1 aromatic heterocycles. The normalized spacial score (nSPS) is 30.3. The summed E-state index contributed by atoms with van der Waals surface area (Å²) in [6, 6.07) is 7.15. The Hall–Kier alpha value is -0.840. The number of ether oxygens (including phenoxy) is 1. The van der Waals surface area contributed by atoms with E-state index in [0.717, 1.165) is 39.0 Å². The molecule has 0 aliphatic carbocycles. The molecule has 5 heteroatoms. The van der Waals surface area contributed by atoms with E-state index in [-0.39, 0.29) is 0 Å².